The third-order valence-electron chi connectivity index (χ3n) is 3.52. The number of nitrogens with zero attached hydrogens (tertiary/aromatic N) is 4. The summed E-state index contributed by atoms with van der Waals surface area (Å²) in [7, 11) is 4.05. The number of anilines is 1. The maximum Gasteiger partial charge on any atom is 0.315 e. The molecule has 1 saturated heterocycles. The van der Waals surface area contributed by atoms with Crippen LogP contribution in [-0.4, -0.2) is 65.7 Å². The van der Waals surface area contributed by atoms with Gasteiger partial charge in [-0.1, -0.05) is 5.10 Å². The molecule has 1 fully saturated rings. The minimum atomic E-state index is 0.269. The first-order valence-corrected chi connectivity index (χ1v) is 7.04. The number of nitrogens with one attached hydrogen (secondary N) is 1. The molecule has 1 amide bonds. The molecule has 7 nitrogen and oxygen atoms in total. The highest BCUT2D eigenvalue weighted by Crippen LogP contribution is 2.21. The average molecular weight is 281 g/mol. The number of amides is 1. The fourth-order valence-electron chi connectivity index (χ4n) is 2.42. The van der Waals surface area contributed by atoms with Gasteiger partial charge in [-0.2, -0.15) is 0 Å². The number of rotatable bonds is 7. The second-order valence-corrected chi connectivity index (χ2v) is 5.42. The van der Waals surface area contributed by atoms with Gasteiger partial charge in [0.1, 0.15) is 0 Å². The molecule has 1 aromatic rings. The Morgan fingerprint density at radius 2 is 2.25 bits per heavy atom. The number of likely N-dealkylation sites (N-methyl/N-ethyl adjacent to an activating group) is 1. The van der Waals surface area contributed by atoms with Gasteiger partial charge in [0.15, 0.2) is 0 Å². The summed E-state index contributed by atoms with van der Waals surface area (Å²) in [5, 5.41) is 10.8. The van der Waals surface area contributed by atoms with Crippen LogP contribution in [0.25, 0.3) is 0 Å². The lowest BCUT2D eigenvalue weighted by atomic mass is 10.1. The van der Waals surface area contributed by atoms with Gasteiger partial charge in [-0.25, -0.2) is 0 Å². The van der Waals surface area contributed by atoms with E-state index in [0.29, 0.717) is 24.4 Å². The molecule has 7 heteroatoms. The molecule has 0 spiro atoms. The smallest absolute Gasteiger partial charge is 0.315 e. The van der Waals surface area contributed by atoms with Crippen LogP contribution in [0.2, 0.25) is 0 Å². The summed E-state index contributed by atoms with van der Waals surface area (Å²) in [6, 6.07) is 0.769. The second-order valence-electron chi connectivity index (χ2n) is 5.42. The van der Waals surface area contributed by atoms with E-state index in [0.717, 1.165) is 32.5 Å². The van der Waals surface area contributed by atoms with Gasteiger partial charge >= 0.3 is 6.01 Å². The first kappa shape index (κ1) is 14.8. The van der Waals surface area contributed by atoms with Crippen LogP contribution in [0.4, 0.5) is 6.01 Å². The second kappa shape index (κ2) is 6.69. The third kappa shape index (κ3) is 3.93. The zero-order valence-corrected chi connectivity index (χ0v) is 12.4. The number of aryl methyl sites for hydroxylation is 1. The Hall–Kier alpha value is -1.63. The minimum absolute atomic E-state index is 0.269. The van der Waals surface area contributed by atoms with Crippen LogP contribution in [0.15, 0.2) is 4.42 Å². The molecule has 0 aromatic carbocycles. The van der Waals surface area contributed by atoms with E-state index in [1.54, 1.807) is 6.92 Å². The molecule has 0 unspecified atom stereocenters. The third-order valence-corrected chi connectivity index (χ3v) is 3.52. The monoisotopic (exact) mass is 281 g/mol. The minimum Gasteiger partial charge on any atom is -0.408 e. The Balaban J connectivity index is 1.77. The molecule has 0 bridgehead atoms. The SMILES string of the molecule is Cc1nnc(NCC[C@H]2CCC(=O)N2CCN(C)C)o1. The standard InChI is InChI=1S/C13H23N5O2/c1-10-15-16-13(20-10)14-7-6-11-4-5-12(19)18(11)9-8-17(2)3/h11H,4-9H2,1-3H3,(H,14,16)/t11-/m1/s1. The van der Waals surface area contributed by atoms with Crippen molar-refractivity contribution >= 4 is 11.9 Å². The van der Waals surface area contributed by atoms with Crippen molar-refractivity contribution in [1.82, 2.24) is 20.0 Å². The first-order chi connectivity index (χ1) is 9.56. The van der Waals surface area contributed by atoms with Crippen molar-refractivity contribution in [2.45, 2.75) is 32.2 Å². The Labute approximate surface area is 119 Å². The fourth-order valence-corrected chi connectivity index (χ4v) is 2.42. The lowest BCUT2D eigenvalue weighted by molar-refractivity contribution is -0.129. The number of aromatic nitrogens is 2. The van der Waals surface area contributed by atoms with Gasteiger partial charge in [-0.05, 0) is 26.9 Å². The normalized spacial score (nSPS) is 19.1. The number of hydrogen-bond acceptors (Lipinski definition) is 6. The molecule has 0 aliphatic carbocycles. The predicted molar refractivity (Wildman–Crippen MR) is 75.4 cm³/mol. The molecule has 1 aromatic heterocycles. The van der Waals surface area contributed by atoms with Crippen molar-refractivity contribution in [2.75, 3.05) is 39.0 Å². The zero-order chi connectivity index (χ0) is 14.5. The van der Waals surface area contributed by atoms with Crippen LogP contribution >= 0.6 is 0 Å². The maximum absolute atomic E-state index is 11.9. The summed E-state index contributed by atoms with van der Waals surface area (Å²) in [5.41, 5.74) is 0. The lowest BCUT2D eigenvalue weighted by Crippen LogP contribution is -2.39. The first-order valence-electron chi connectivity index (χ1n) is 7.04. The number of carbonyl (C=O) groups is 1. The van der Waals surface area contributed by atoms with E-state index in [4.69, 9.17) is 4.42 Å². The molecule has 2 heterocycles. The largest absolute Gasteiger partial charge is 0.408 e. The van der Waals surface area contributed by atoms with Crippen LogP contribution in [0, 0.1) is 6.92 Å². The van der Waals surface area contributed by atoms with E-state index in [9.17, 15) is 4.79 Å². The van der Waals surface area contributed by atoms with Gasteiger partial charge in [0.25, 0.3) is 0 Å². The van der Waals surface area contributed by atoms with Gasteiger partial charge in [0.05, 0.1) is 0 Å². The van der Waals surface area contributed by atoms with Crippen molar-refractivity contribution in [3.63, 3.8) is 0 Å². The van der Waals surface area contributed by atoms with Crippen LogP contribution < -0.4 is 5.32 Å². The number of hydrogen-bond donors (Lipinski definition) is 1. The number of carbonyl (C=O) groups excluding carboxylic acids is 1. The Kier molecular flexibility index (Phi) is 4.94. The Morgan fingerprint density at radius 3 is 2.90 bits per heavy atom. The molecule has 2 rings (SSSR count). The van der Waals surface area contributed by atoms with Gasteiger partial charge < -0.3 is 19.5 Å². The van der Waals surface area contributed by atoms with E-state index >= 15 is 0 Å². The summed E-state index contributed by atoms with van der Waals surface area (Å²) in [5.74, 6) is 0.821. The van der Waals surface area contributed by atoms with Crippen molar-refractivity contribution < 1.29 is 9.21 Å². The van der Waals surface area contributed by atoms with Crippen LogP contribution in [0.3, 0.4) is 0 Å². The van der Waals surface area contributed by atoms with E-state index in [1.165, 1.54) is 0 Å². The highest BCUT2D eigenvalue weighted by atomic mass is 16.4. The molecule has 20 heavy (non-hydrogen) atoms. The average Bonchev–Trinajstić information content (AvgIpc) is 2.94. The molecular weight excluding hydrogens is 258 g/mol. The lowest BCUT2D eigenvalue weighted by Gasteiger charge is -2.26. The molecule has 1 aliphatic rings. The van der Waals surface area contributed by atoms with Crippen molar-refractivity contribution in [2.24, 2.45) is 0 Å². The fraction of sp³-hybridized carbons (Fsp3) is 0.769. The Bertz CT molecular complexity index is 446. The summed E-state index contributed by atoms with van der Waals surface area (Å²) in [6.45, 7) is 4.20. The topological polar surface area (TPSA) is 74.5 Å². The van der Waals surface area contributed by atoms with E-state index in [-0.39, 0.29) is 5.91 Å². The van der Waals surface area contributed by atoms with Crippen molar-refractivity contribution in [1.29, 1.82) is 0 Å². The highest BCUT2D eigenvalue weighted by Gasteiger charge is 2.30. The highest BCUT2D eigenvalue weighted by molar-refractivity contribution is 5.78. The molecule has 1 aliphatic heterocycles. The van der Waals surface area contributed by atoms with Crippen LogP contribution in [0.1, 0.15) is 25.2 Å². The van der Waals surface area contributed by atoms with Gasteiger partial charge in [-0.3, -0.25) is 4.79 Å². The quantitative estimate of drug-likeness (QED) is 0.794. The summed E-state index contributed by atoms with van der Waals surface area (Å²) < 4.78 is 5.25. The summed E-state index contributed by atoms with van der Waals surface area (Å²) >= 11 is 0. The van der Waals surface area contributed by atoms with Gasteiger partial charge in [0, 0.05) is 39.0 Å². The maximum atomic E-state index is 11.9. The molecule has 0 saturated carbocycles. The molecule has 1 N–H and O–H groups in total. The van der Waals surface area contributed by atoms with Gasteiger partial charge in [0.2, 0.25) is 11.8 Å². The van der Waals surface area contributed by atoms with Crippen molar-refractivity contribution in [3.05, 3.63) is 5.89 Å². The van der Waals surface area contributed by atoms with Gasteiger partial charge in [-0.15, -0.1) is 5.10 Å². The molecule has 1 atom stereocenters. The Morgan fingerprint density at radius 1 is 1.45 bits per heavy atom. The summed E-state index contributed by atoms with van der Waals surface area (Å²) in [4.78, 5) is 16.0. The molecule has 112 valence electrons. The van der Waals surface area contributed by atoms with Crippen LogP contribution in [-0.2, 0) is 4.79 Å². The van der Waals surface area contributed by atoms with E-state index in [2.05, 4.69) is 20.4 Å². The zero-order valence-electron chi connectivity index (χ0n) is 12.4. The van der Waals surface area contributed by atoms with Crippen molar-refractivity contribution in [3.8, 4) is 0 Å². The van der Waals surface area contributed by atoms with Crippen LogP contribution in [0.5, 0.6) is 0 Å². The molecular formula is C13H23N5O2. The predicted octanol–water partition coefficient (Wildman–Crippen LogP) is 0.733. The summed E-state index contributed by atoms with van der Waals surface area (Å²) in [6.07, 6.45) is 2.51. The van der Waals surface area contributed by atoms with E-state index in [1.807, 2.05) is 19.0 Å². The number of likely N-dealkylation sites (tertiary alicyclic amines) is 1. The molecule has 0 radical (unpaired) electrons. The van der Waals surface area contributed by atoms with E-state index < -0.39 is 0 Å².